The van der Waals surface area contributed by atoms with Gasteiger partial charge in [0, 0.05) is 0 Å². The van der Waals surface area contributed by atoms with Gasteiger partial charge >= 0.3 is 0 Å². The Balaban J connectivity index is 0.000000362. The van der Waals surface area contributed by atoms with Gasteiger partial charge in [-0.3, -0.25) is 0 Å². The van der Waals surface area contributed by atoms with Gasteiger partial charge in [-0.15, -0.1) is 0 Å². The Morgan fingerprint density at radius 3 is 2.32 bits per heavy atom. The first-order valence-corrected chi connectivity index (χ1v) is 7.53. The van der Waals surface area contributed by atoms with Crippen LogP contribution in [0.15, 0.2) is 23.8 Å². The summed E-state index contributed by atoms with van der Waals surface area (Å²) < 4.78 is 0. The third-order valence-electron chi connectivity index (χ3n) is 3.71. The zero-order valence-corrected chi connectivity index (χ0v) is 13.3. The van der Waals surface area contributed by atoms with Gasteiger partial charge < -0.3 is 10.2 Å². The lowest BCUT2D eigenvalue weighted by molar-refractivity contribution is -0.0140. The van der Waals surface area contributed by atoms with E-state index in [1.54, 1.807) is 6.92 Å². The number of hydrogen-bond acceptors (Lipinski definition) is 2. The molecule has 0 aliphatic heterocycles. The lowest BCUT2D eigenvalue weighted by atomic mass is 9.78. The molecule has 112 valence electrons. The van der Waals surface area contributed by atoms with E-state index in [2.05, 4.69) is 39.8 Å². The van der Waals surface area contributed by atoms with Gasteiger partial charge in [-0.05, 0) is 51.9 Å². The summed E-state index contributed by atoms with van der Waals surface area (Å²) in [7, 11) is 0. The van der Waals surface area contributed by atoms with Crippen LogP contribution in [0.3, 0.4) is 0 Å². The average molecular weight is 268 g/mol. The van der Waals surface area contributed by atoms with Crippen LogP contribution in [0, 0.1) is 5.92 Å². The molecule has 0 spiro atoms. The highest BCUT2D eigenvalue weighted by atomic mass is 16.3. The molecule has 1 rings (SSSR count). The van der Waals surface area contributed by atoms with Crippen LogP contribution in [0.2, 0.25) is 0 Å². The second-order valence-corrected chi connectivity index (χ2v) is 5.98. The summed E-state index contributed by atoms with van der Waals surface area (Å²) >= 11 is 0. The highest BCUT2D eigenvalue weighted by Gasteiger charge is 2.31. The van der Waals surface area contributed by atoms with E-state index in [-0.39, 0.29) is 6.10 Å². The van der Waals surface area contributed by atoms with E-state index in [0.717, 1.165) is 32.1 Å². The largest absolute Gasteiger partial charge is 0.393 e. The van der Waals surface area contributed by atoms with E-state index in [9.17, 15) is 5.11 Å². The van der Waals surface area contributed by atoms with Crippen LogP contribution in [0.5, 0.6) is 0 Å². The maximum Gasteiger partial charge on any atom is 0.0707 e. The van der Waals surface area contributed by atoms with Crippen LogP contribution in [0.25, 0.3) is 0 Å². The van der Waals surface area contributed by atoms with Crippen molar-refractivity contribution in [3.63, 3.8) is 0 Å². The summed E-state index contributed by atoms with van der Waals surface area (Å²) in [6.07, 6.45) is 10.7. The van der Waals surface area contributed by atoms with Crippen molar-refractivity contribution in [1.29, 1.82) is 0 Å². The minimum Gasteiger partial charge on any atom is -0.393 e. The van der Waals surface area contributed by atoms with Crippen molar-refractivity contribution in [2.45, 2.75) is 78.4 Å². The van der Waals surface area contributed by atoms with Gasteiger partial charge in [-0.25, -0.2) is 0 Å². The summed E-state index contributed by atoms with van der Waals surface area (Å²) in [6.45, 7) is 10.2. The summed E-state index contributed by atoms with van der Waals surface area (Å²) in [4.78, 5) is 0. The highest BCUT2D eigenvalue weighted by molar-refractivity contribution is 5.08. The molecule has 0 saturated carbocycles. The van der Waals surface area contributed by atoms with Gasteiger partial charge in [0.15, 0.2) is 0 Å². The monoisotopic (exact) mass is 268 g/mol. The molecule has 2 heteroatoms. The highest BCUT2D eigenvalue weighted by Crippen LogP contribution is 2.32. The first-order chi connectivity index (χ1) is 8.81. The molecule has 2 atom stereocenters. The molecule has 1 aliphatic carbocycles. The maximum absolute atomic E-state index is 10.0. The third-order valence-corrected chi connectivity index (χ3v) is 3.71. The van der Waals surface area contributed by atoms with Gasteiger partial charge in [0.2, 0.25) is 0 Å². The molecule has 0 amide bonds. The fraction of sp³-hybridized carbons (Fsp3) is 0.765. The van der Waals surface area contributed by atoms with E-state index < -0.39 is 5.60 Å². The van der Waals surface area contributed by atoms with Crippen molar-refractivity contribution in [2.24, 2.45) is 5.92 Å². The van der Waals surface area contributed by atoms with E-state index in [4.69, 9.17) is 5.11 Å². The van der Waals surface area contributed by atoms with Gasteiger partial charge in [-0.2, -0.15) is 0 Å². The van der Waals surface area contributed by atoms with Gasteiger partial charge in [0.1, 0.15) is 0 Å². The topological polar surface area (TPSA) is 40.5 Å². The predicted octanol–water partition coefficient (Wildman–Crippen LogP) is 4.23. The molecule has 0 aromatic carbocycles. The van der Waals surface area contributed by atoms with Crippen molar-refractivity contribution in [3.8, 4) is 0 Å². The number of rotatable bonds is 4. The maximum atomic E-state index is 10.0. The quantitative estimate of drug-likeness (QED) is 0.749. The molecule has 2 nitrogen and oxygen atoms in total. The molecule has 0 bridgehead atoms. The number of aliphatic hydroxyl groups is 2. The molecule has 0 aromatic heterocycles. The third kappa shape index (κ3) is 8.22. The van der Waals surface area contributed by atoms with E-state index in [1.165, 1.54) is 5.57 Å². The Hall–Kier alpha value is -0.600. The van der Waals surface area contributed by atoms with Crippen molar-refractivity contribution < 1.29 is 10.2 Å². The minimum absolute atomic E-state index is 0.183. The average Bonchev–Trinajstić information content (AvgIpc) is 2.34. The fourth-order valence-corrected chi connectivity index (χ4v) is 1.95. The van der Waals surface area contributed by atoms with Gasteiger partial charge in [-0.1, -0.05) is 44.6 Å². The molecular weight excluding hydrogens is 236 g/mol. The summed E-state index contributed by atoms with van der Waals surface area (Å²) in [6, 6.07) is 0. The van der Waals surface area contributed by atoms with Crippen molar-refractivity contribution in [3.05, 3.63) is 23.8 Å². The molecule has 2 unspecified atom stereocenters. The van der Waals surface area contributed by atoms with Crippen molar-refractivity contribution >= 4 is 0 Å². The fourth-order valence-electron chi connectivity index (χ4n) is 1.95. The molecule has 2 N–H and O–H groups in total. The molecular formula is C17H32O2. The Bertz CT molecular complexity index is 290. The molecule has 0 saturated heterocycles. The summed E-state index contributed by atoms with van der Waals surface area (Å²) in [5.74, 6) is 0.381. The summed E-state index contributed by atoms with van der Waals surface area (Å²) in [5, 5.41) is 18.7. The zero-order valence-electron chi connectivity index (χ0n) is 13.3. The summed E-state index contributed by atoms with van der Waals surface area (Å²) in [5.41, 5.74) is 1.01. The number of allylic oxidation sites excluding steroid dienone is 2. The lowest BCUT2D eigenvalue weighted by Crippen LogP contribution is -2.36. The Labute approximate surface area is 119 Å². The second-order valence-electron chi connectivity index (χ2n) is 5.98. The van der Waals surface area contributed by atoms with Crippen LogP contribution >= 0.6 is 0 Å². The number of aliphatic hydroxyl groups excluding tert-OH is 1. The minimum atomic E-state index is -0.417. The van der Waals surface area contributed by atoms with Crippen molar-refractivity contribution in [1.82, 2.24) is 0 Å². The Morgan fingerprint density at radius 2 is 1.95 bits per heavy atom. The molecule has 19 heavy (non-hydrogen) atoms. The first kappa shape index (κ1) is 18.4. The van der Waals surface area contributed by atoms with Crippen molar-refractivity contribution in [2.75, 3.05) is 0 Å². The van der Waals surface area contributed by atoms with Crippen LogP contribution in [-0.2, 0) is 0 Å². The zero-order chi connectivity index (χ0) is 14.9. The van der Waals surface area contributed by atoms with Crippen LogP contribution in [0.1, 0.15) is 66.7 Å². The first-order valence-electron chi connectivity index (χ1n) is 7.53. The second kappa shape index (κ2) is 9.33. The van der Waals surface area contributed by atoms with Crippen LogP contribution in [-0.4, -0.2) is 21.9 Å². The standard InChI is InChI=1S/C10H18O.C7H14O/c1-8(2)10(11)6-4-9(3)5-7-10;1-3-4-5-6-7(2)8/h4,8,11H,5-7H2,1-3H3;4-5,7-8H,3,6H2,1-2H3/b;5-4-. The SMILES string of the molecule is CC/C=C\CC(C)O.CC1=CCC(O)(C(C)C)CC1. The van der Waals surface area contributed by atoms with E-state index in [0.29, 0.717) is 5.92 Å². The van der Waals surface area contributed by atoms with Gasteiger partial charge in [0.25, 0.3) is 0 Å². The Morgan fingerprint density at radius 1 is 1.32 bits per heavy atom. The molecule has 0 aromatic rings. The predicted molar refractivity (Wildman–Crippen MR) is 83.1 cm³/mol. The smallest absolute Gasteiger partial charge is 0.0707 e. The molecule has 0 heterocycles. The normalized spacial score (nSPS) is 24.9. The van der Waals surface area contributed by atoms with E-state index in [1.807, 2.05) is 6.08 Å². The van der Waals surface area contributed by atoms with Crippen LogP contribution in [0.4, 0.5) is 0 Å². The van der Waals surface area contributed by atoms with Crippen LogP contribution < -0.4 is 0 Å². The Kier molecular flexibility index (Phi) is 9.03. The molecule has 0 fully saturated rings. The molecule has 0 radical (unpaired) electrons. The van der Waals surface area contributed by atoms with Gasteiger partial charge in [0.05, 0.1) is 11.7 Å². The molecule has 1 aliphatic rings. The lowest BCUT2D eigenvalue weighted by Gasteiger charge is -2.34. The number of hydrogen-bond donors (Lipinski definition) is 2. The van der Waals surface area contributed by atoms with E-state index >= 15 is 0 Å².